The predicted molar refractivity (Wildman–Crippen MR) is 78.3 cm³/mol. The fraction of sp³-hybridized carbons (Fsp3) is 0.250. The summed E-state index contributed by atoms with van der Waals surface area (Å²) in [5.41, 5.74) is 8.85. The third-order valence-electron chi connectivity index (χ3n) is 3.77. The maximum Gasteiger partial charge on any atom is 0.350 e. The van der Waals surface area contributed by atoms with Crippen LogP contribution in [0.15, 0.2) is 60.7 Å². The maximum atomic E-state index is 9.39. The van der Waals surface area contributed by atoms with Crippen LogP contribution in [0, 0.1) is 5.39 Å². The molecule has 20 heavy (non-hydrogen) atoms. The molecule has 4 heteroatoms. The van der Waals surface area contributed by atoms with E-state index in [2.05, 4.69) is 28.0 Å². The lowest BCUT2D eigenvalue weighted by atomic mass is 9.93. The van der Waals surface area contributed by atoms with Gasteiger partial charge in [0.25, 0.3) is 0 Å². The zero-order valence-corrected chi connectivity index (χ0v) is 11.1. The summed E-state index contributed by atoms with van der Waals surface area (Å²) in [6.07, 6.45) is 0.825. The largest absolute Gasteiger partial charge is 0.350 e. The molecule has 0 aliphatic carbocycles. The Kier molecular flexibility index (Phi) is 3.73. The van der Waals surface area contributed by atoms with Gasteiger partial charge in [-0.25, -0.2) is 10.9 Å². The molecule has 1 saturated heterocycles. The summed E-state index contributed by atoms with van der Waals surface area (Å²) in [7, 11) is 0. The van der Waals surface area contributed by atoms with Crippen LogP contribution in [-0.2, 0) is 6.42 Å². The van der Waals surface area contributed by atoms with Crippen molar-refractivity contribution in [1.82, 2.24) is 10.9 Å². The van der Waals surface area contributed by atoms with Crippen molar-refractivity contribution in [3.63, 3.8) is 0 Å². The molecule has 4 nitrogen and oxygen atoms in total. The van der Waals surface area contributed by atoms with Crippen molar-refractivity contribution in [3.05, 3.63) is 76.8 Å². The molecule has 2 aromatic carbocycles. The van der Waals surface area contributed by atoms with Gasteiger partial charge in [-0.2, -0.15) is 0 Å². The Morgan fingerprint density at radius 3 is 2.20 bits per heavy atom. The highest BCUT2D eigenvalue weighted by Gasteiger charge is 2.46. The zero-order chi connectivity index (χ0) is 13.8. The summed E-state index contributed by atoms with van der Waals surface area (Å²) in [6, 6.07) is 20.2. The molecule has 0 radical (unpaired) electrons. The number of nitrogens with zero attached hydrogens (tertiary/aromatic N) is 2. The fourth-order valence-electron chi connectivity index (χ4n) is 2.73. The van der Waals surface area contributed by atoms with Crippen LogP contribution in [0.2, 0.25) is 0 Å². The average Bonchev–Trinajstić information content (AvgIpc) is 2.92. The zero-order valence-electron chi connectivity index (χ0n) is 11.1. The Morgan fingerprint density at radius 1 is 0.900 bits per heavy atom. The Balaban J connectivity index is 1.77. The van der Waals surface area contributed by atoms with Crippen LogP contribution in [0.3, 0.4) is 0 Å². The van der Waals surface area contributed by atoms with Crippen LogP contribution in [0.1, 0.15) is 17.2 Å². The second-order valence-electron chi connectivity index (χ2n) is 5.08. The van der Waals surface area contributed by atoms with Gasteiger partial charge in [0.05, 0.1) is 0 Å². The standard InChI is InChI=1S/C16H16N4/c17-18-16-14(11-12-7-3-1-4-8-12)19-20-15(16)13-9-5-2-6-10-13/h1-10,14-17H,11H2/p+1. The number of rotatable bonds is 3. The van der Waals surface area contributed by atoms with Crippen molar-refractivity contribution in [2.24, 2.45) is 0 Å². The van der Waals surface area contributed by atoms with Crippen LogP contribution < -0.4 is 10.9 Å². The fourth-order valence-corrected chi connectivity index (χ4v) is 2.73. The van der Waals surface area contributed by atoms with E-state index < -0.39 is 0 Å². The van der Waals surface area contributed by atoms with E-state index in [1.807, 2.05) is 48.5 Å². The van der Waals surface area contributed by atoms with E-state index >= 15 is 0 Å². The molecule has 0 bridgehead atoms. The monoisotopic (exact) mass is 265 g/mol. The molecular formula is C16H17N4+. The molecule has 3 unspecified atom stereocenters. The van der Waals surface area contributed by atoms with Gasteiger partial charge in [0.15, 0.2) is 0 Å². The third-order valence-corrected chi connectivity index (χ3v) is 3.77. The van der Waals surface area contributed by atoms with Gasteiger partial charge < -0.3 is 0 Å². The second kappa shape index (κ2) is 5.83. The van der Waals surface area contributed by atoms with Gasteiger partial charge in [-0.15, -0.1) is 0 Å². The molecule has 1 fully saturated rings. The first kappa shape index (κ1) is 12.8. The first-order valence-electron chi connectivity index (χ1n) is 6.82. The Hall–Kier alpha value is -2.22. The average molecular weight is 265 g/mol. The lowest BCUT2D eigenvalue weighted by molar-refractivity contribution is 0.537. The molecule has 0 aromatic heterocycles. The van der Waals surface area contributed by atoms with E-state index in [1.54, 1.807) is 0 Å². The van der Waals surface area contributed by atoms with Crippen LogP contribution in [0.4, 0.5) is 0 Å². The van der Waals surface area contributed by atoms with Crippen LogP contribution in [0.5, 0.6) is 0 Å². The highest BCUT2D eigenvalue weighted by atomic mass is 15.4. The second-order valence-corrected chi connectivity index (χ2v) is 5.08. The first-order chi connectivity index (χ1) is 9.88. The Labute approximate surface area is 118 Å². The van der Waals surface area contributed by atoms with Crippen molar-refractivity contribution in [1.29, 1.82) is 5.39 Å². The van der Waals surface area contributed by atoms with E-state index in [9.17, 15) is 5.39 Å². The number of nitrogens with one attached hydrogen (secondary N) is 2. The molecule has 0 amide bonds. The SMILES string of the molecule is N#[N+]C1C(Cc2ccccc2)NNC1c1ccccc1. The lowest BCUT2D eigenvalue weighted by Gasteiger charge is -2.08. The van der Waals surface area contributed by atoms with E-state index in [-0.39, 0.29) is 18.1 Å². The van der Waals surface area contributed by atoms with Gasteiger partial charge in [0.1, 0.15) is 17.1 Å². The van der Waals surface area contributed by atoms with E-state index in [0.29, 0.717) is 0 Å². The van der Waals surface area contributed by atoms with Gasteiger partial charge in [-0.05, 0) is 17.5 Å². The summed E-state index contributed by atoms with van der Waals surface area (Å²) in [5, 5.41) is 9.39. The molecule has 1 aliphatic rings. The van der Waals surface area contributed by atoms with E-state index in [0.717, 1.165) is 12.0 Å². The minimum Gasteiger partial charge on any atom is -0.245 e. The molecule has 100 valence electrons. The molecule has 3 atom stereocenters. The van der Waals surface area contributed by atoms with Gasteiger partial charge in [-0.3, -0.25) is 0 Å². The summed E-state index contributed by atoms with van der Waals surface area (Å²) in [6.45, 7) is 0. The number of diazo groups is 1. The minimum atomic E-state index is -0.197. The number of hydrogen-bond acceptors (Lipinski definition) is 3. The van der Waals surface area contributed by atoms with Gasteiger partial charge in [-0.1, -0.05) is 60.7 Å². The smallest absolute Gasteiger partial charge is 0.245 e. The lowest BCUT2D eigenvalue weighted by Crippen LogP contribution is -2.34. The molecule has 0 spiro atoms. The maximum absolute atomic E-state index is 9.39. The van der Waals surface area contributed by atoms with Crippen LogP contribution >= 0.6 is 0 Å². The number of hydrazine groups is 1. The van der Waals surface area contributed by atoms with Crippen molar-refractivity contribution >= 4 is 0 Å². The quantitative estimate of drug-likeness (QED) is 0.839. The summed E-state index contributed by atoms with van der Waals surface area (Å²) >= 11 is 0. The molecule has 2 aromatic rings. The van der Waals surface area contributed by atoms with E-state index in [4.69, 9.17) is 0 Å². The van der Waals surface area contributed by atoms with Crippen molar-refractivity contribution < 1.29 is 0 Å². The van der Waals surface area contributed by atoms with Crippen molar-refractivity contribution in [3.8, 4) is 0 Å². The van der Waals surface area contributed by atoms with Crippen molar-refractivity contribution in [2.45, 2.75) is 24.5 Å². The summed E-state index contributed by atoms with van der Waals surface area (Å²) in [4.78, 5) is 3.60. The molecule has 1 aliphatic heterocycles. The Bertz CT molecular complexity index is 591. The normalized spacial score (nSPS) is 25.2. The first-order valence-corrected chi connectivity index (χ1v) is 6.82. The third kappa shape index (κ3) is 2.55. The molecule has 1 heterocycles. The van der Waals surface area contributed by atoms with Crippen LogP contribution in [0.25, 0.3) is 4.98 Å². The summed E-state index contributed by atoms with van der Waals surface area (Å²) in [5.74, 6) is 0. The molecule has 3 rings (SSSR count). The molecule has 2 N–H and O–H groups in total. The highest BCUT2D eigenvalue weighted by molar-refractivity contribution is 5.26. The molecule has 0 saturated carbocycles. The highest BCUT2D eigenvalue weighted by Crippen LogP contribution is 2.27. The van der Waals surface area contributed by atoms with Gasteiger partial charge >= 0.3 is 6.04 Å². The minimum absolute atomic E-state index is 0.00471. The number of benzene rings is 2. The summed E-state index contributed by atoms with van der Waals surface area (Å²) < 4.78 is 0. The Morgan fingerprint density at radius 2 is 1.55 bits per heavy atom. The number of hydrogen-bond donors (Lipinski definition) is 2. The topological polar surface area (TPSA) is 52.2 Å². The van der Waals surface area contributed by atoms with Gasteiger partial charge in [0.2, 0.25) is 5.39 Å². The van der Waals surface area contributed by atoms with Crippen molar-refractivity contribution in [2.75, 3.05) is 0 Å². The molecular weight excluding hydrogens is 248 g/mol. The van der Waals surface area contributed by atoms with Crippen LogP contribution in [-0.4, -0.2) is 12.1 Å². The predicted octanol–water partition coefficient (Wildman–Crippen LogP) is 2.67. The van der Waals surface area contributed by atoms with E-state index in [1.165, 1.54) is 5.56 Å². The van der Waals surface area contributed by atoms with Gasteiger partial charge in [0, 0.05) is 0 Å².